The van der Waals surface area contributed by atoms with Crippen LogP contribution in [0.3, 0.4) is 0 Å². The van der Waals surface area contributed by atoms with Crippen LogP contribution in [0.5, 0.6) is 0 Å². The van der Waals surface area contributed by atoms with Crippen LogP contribution >= 0.6 is 0 Å². The average molecular weight is 319 g/mol. The monoisotopic (exact) mass is 319 g/mol. The first-order valence-electron chi connectivity index (χ1n) is 7.60. The summed E-state index contributed by atoms with van der Waals surface area (Å²) in [6.45, 7) is 3.12. The normalized spacial score (nSPS) is 18.2. The first kappa shape index (κ1) is 15.5. The maximum Gasteiger partial charge on any atom is 0.257 e. The van der Waals surface area contributed by atoms with E-state index in [0.717, 1.165) is 24.9 Å². The summed E-state index contributed by atoms with van der Waals surface area (Å²) >= 11 is 0. The molecule has 0 radical (unpaired) electrons. The molecule has 1 amide bonds. The fourth-order valence-corrected chi connectivity index (χ4v) is 2.51. The van der Waals surface area contributed by atoms with Gasteiger partial charge in [-0.25, -0.2) is 9.37 Å². The molecule has 2 aromatic rings. The van der Waals surface area contributed by atoms with Crippen molar-refractivity contribution in [1.29, 1.82) is 0 Å². The first-order chi connectivity index (χ1) is 11.2. The number of nitrogens with zero attached hydrogens (tertiary/aromatic N) is 4. The molecule has 3 rings (SSSR count). The summed E-state index contributed by atoms with van der Waals surface area (Å²) in [5, 5.41) is 7.04. The Balaban J connectivity index is 1.72. The number of hydrogen-bond donors (Lipinski definition) is 1. The largest absolute Gasteiger partial charge is 0.366 e. The van der Waals surface area contributed by atoms with E-state index in [1.165, 1.54) is 12.3 Å². The van der Waals surface area contributed by atoms with Gasteiger partial charge in [0.1, 0.15) is 11.9 Å². The molecule has 3 heterocycles. The van der Waals surface area contributed by atoms with Gasteiger partial charge in [0.05, 0.1) is 24.9 Å². The van der Waals surface area contributed by atoms with Gasteiger partial charge < -0.3 is 9.64 Å². The van der Waals surface area contributed by atoms with E-state index in [-0.39, 0.29) is 11.5 Å². The van der Waals surface area contributed by atoms with E-state index >= 15 is 0 Å². The molecule has 0 aliphatic carbocycles. The molecule has 1 fully saturated rings. The van der Waals surface area contributed by atoms with E-state index in [2.05, 4.69) is 27.1 Å². The number of pyridine rings is 1. The lowest BCUT2D eigenvalue weighted by molar-refractivity contribution is -0.0268. The predicted octanol–water partition coefficient (Wildman–Crippen LogP) is 1.50. The minimum atomic E-state index is -0.622. The molecular weight excluding hydrogens is 301 g/mol. The topological polar surface area (TPSA) is 84.0 Å². The molecule has 1 N–H and O–H groups in total. The van der Waals surface area contributed by atoms with Gasteiger partial charge in [-0.3, -0.25) is 14.9 Å². The van der Waals surface area contributed by atoms with E-state index < -0.39 is 11.9 Å². The lowest BCUT2D eigenvalue weighted by Gasteiger charge is -2.31. The second-order valence-corrected chi connectivity index (χ2v) is 5.36. The summed E-state index contributed by atoms with van der Waals surface area (Å²) in [7, 11) is 0. The van der Waals surface area contributed by atoms with Crippen LogP contribution in [-0.2, 0) is 11.2 Å². The zero-order valence-corrected chi connectivity index (χ0v) is 12.8. The SMILES string of the molecule is CCCc1nc(C2CN(C(=O)c3ccncc3F)CCO2)n[nH]1. The van der Waals surface area contributed by atoms with Gasteiger partial charge in [-0.1, -0.05) is 6.92 Å². The minimum Gasteiger partial charge on any atom is -0.366 e. The van der Waals surface area contributed by atoms with Crippen LogP contribution in [0.4, 0.5) is 4.39 Å². The Morgan fingerprint density at radius 3 is 3.22 bits per heavy atom. The molecule has 1 unspecified atom stereocenters. The molecule has 1 aliphatic heterocycles. The fourth-order valence-electron chi connectivity index (χ4n) is 2.51. The molecule has 1 saturated heterocycles. The Labute approximate surface area is 132 Å². The van der Waals surface area contributed by atoms with E-state index in [1.807, 2.05) is 0 Å². The van der Waals surface area contributed by atoms with Gasteiger partial charge in [0.25, 0.3) is 5.91 Å². The van der Waals surface area contributed by atoms with Crippen molar-refractivity contribution in [3.63, 3.8) is 0 Å². The number of morpholine rings is 1. The number of hydrogen-bond acceptors (Lipinski definition) is 5. The quantitative estimate of drug-likeness (QED) is 0.923. The summed E-state index contributed by atoms with van der Waals surface area (Å²) in [6, 6.07) is 1.38. The molecule has 0 aromatic carbocycles. The molecule has 2 aromatic heterocycles. The molecule has 1 aliphatic rings. The van der Waals surface area contributed by atoms with E-state index in [0.29, 0.717) is 25.5 Å². The molecule has 8 heteroatoms. The maximum absolute atomic E-state index is 13.7. The number of amides is 1. The number of nitrogens with one attached hydrogen (secondary N) is 1. The van der Waals surface area contributed by atoms with Crippen LogP contribution in [0.2, 0.25) is 0 Å². The van der Waals surface area contributed by atoms with E-state index in [1.54, 1.807) is 4.90 Å². The van der Waals surface area contributed by atoms with Crippen molar-refractivity contribution in [1.82, 2.24) is 25.1 Å². The van der Waals surface area contributed by atoms with E-state index in [4.69, 9.17) is 4.74 Å². The molecule has 23 heavy (non-hydrogen) atoms. The third-order valence-electron chi connectivity index (χ3n) is 3.68. The number of aromatic nitrogens is 4. The van der Waals surface area contributed by atoms with Gasteiger partial charge in [-0.2, -0.15) is 5.10 Å². The van der Waals surface area contributed by atoms with Crippen LogP contribution in [0.15, 0.2) is 18.5 Å². The number of carbonyl (C=O) groups is 1. The van der Waals surface area contributed by atoms with Crippen molar-refractivity contribution in [2.75, 3.05) is 19.7 Å². The van der Waals surface area contributed by atoms with Gasteiger partial charge in [0.2, 0.25) is 0 Å². The Bertz CT molecular complexity index is 690. The van der Waals surface area contributed by atoms with Crippen molar-refractivity contribution >= 4 is 5.91 Å². The molecule has 0 spiro atoms. The highest BCUT2D eigenvalue weighted by molar-refractivity contribution is 5.94. The molecule has 0 bridgehead atoms. The Hall–Kier alpha value is -2.35. The van der Waals surface area contributed by atoms with Crippen molar-refractivity contribution < 1.29 is 13.9 Å². The zero-order chi connectivity index (χ0) is 16.2. The third kappa shape index (κ3) is 3.37. The number of ether oxygens (including phenoxy) is 1. The number of aromatic amines is 1. The smallest absolute Gasteiger partial charge is 0.257 e. The summed E-state index contributed by atoms with van der Waals surface area (Å²) < 4.78 is 19.4. The summed E-state index contributed by atoms with van der Waals surface area (Å²) in [6.07, 6.45) is 3.81. The highest BCUT2D eigenvalue weighted by Crippen LogP contribution is 2.21. The molecule has 7 nitrogen and oxygen atoms in total. The second-order valence-electron chi connectivity index (χ2n) is 5.36. The summed E-state index contributed by atoms with van der Waals surface area (Å²) in [5.41, 5.74) is 0.0160. The van der Waals surface area contributed by atoms with Crippen LogP contribution in [-0.4, -0.2) is 50.7 Å². The van der Waals surface area contributed by atoms with Gasteiger partial charge >= 0.3 is 0 Å². The van der Waals surface area contributed by atoms with Gasteiger partial charge in [0.15, 0.2) is 11.6 Å². The second kappa shape index (κ2) is 6.82. The van der Waals surface area contributed by atoms with Crippen molar-refractivity contribution in [3.8, 4) is 0 Å². The fraction of sp³-hybridized carbons (Fsp3) is 0.467. The van der Waals surface area contributed by atoms with Gasteiger partial charge in [-0.15, -0.1) is 0 Å². The van der Waals surface area contributed by atoms with Gasteiger partial charge in [-0.05, 0) is 12.5 Å². The molecular formula is C15H18FN5O2. The van der Waals surface area contributed by atoms with Crippen molar-refractivity contribution in [3.05, 3.63) is 41.5 Å². The predicted molar refractivity (Wildman–Crippen MR) is 79.2 cm³/mol. The molecule has 1 atom stereocenters. The average Bonchev–Trinajstić information content (AvgIpc) is 3.04. The highest BCUT2D eigenvalue weighted by atomic mass is 19.1. The van der Waals surface area contributed by atoms with Gasteiger partial charge in [0, 0.05) is 19.2 Å². The first-order valence-corrected chi connectivity index (χ1v) is 7.60. The number of rotatable bonds is 4. The van der Waals surface area contributed by atoms with Crippen LogP contribution in [0.1, 0.15) is 41.5 Å². The Kier molecular flexibility index (Phi) is 4.61. The third-order valence-corrected chi connectivity index (χ3v) is 3.68. The number of aryl methyl sites for hydroxylation is 1. The van der Waals surface area contributed by atoms with E-state index in [9.17, 15) is 9.18 Å². The standard InChI is InChI=1S/C15H18FN5O2/c1-2-3-13-18-14(20-19-13)12-9-21(6-7-23-12)15(22)10-4-5-17-8-11(10)16/h4-5,8,12H,2-3,6-7,9H2,1H3,(H,18,19,20). The number of halogens is 1. The maximum atomic E-state index is 13.7. The van der Waals surface area contributed by atoms with Crippen molar-refractivity contribution in [2.45, 2.75) is 25.9 Å². The molecule has 122 valence electrons. The lowest BCUT2D eigenvalue weighted by atomic mass is 10.2. The Morgan fingerprint density at radius 2 is 2.43 bits per heavy atom. The lowest BCUT2D eigenvalue weighted by Crippen LogP contribution is -2.42. The van der Waals surface area contributed by atoms with Crippen LogP contribution < -0.4 is 0 Å². The van der Waals surface area contributed by atoms with Crippen molar-refractivity contribution in [2.24, 2.45) is 0 Å². The summed E-state index contributed by atoms with van der Waals surface area (Å²) in [4.78, 5) is 22.1. The Morgan fingerprint density at radius 1 is 1.57 bits per heavy atom. The summed E-state index contributed by atoms with van der Waals surface area (Å²) in [5.74, 6) is 0.335. The number of carbonyl (C=O) groups excluding carboxylic acids is 1. The molecule has 0 saturated carbocycles. The highest BCUT2D eigenvalue weighted by Gasteiger charge is 2.29. The van der Waals surface area contributed by atoms with Crippen LogP contribution in [0, 0.1) is 5.82 Å². The minimum absolute atomic E-state index is 0.0160. The number of H-pyrrole nitrogens is 1. The van der Waals surface area contributed by atoms with Crippen LogP contribution in [0.25, 0.3) is 0 Å². The zero-order valence-electron chi connectivity index (χ0n) is 12.8.